The highest BCUT2D eigenvalue weighted by atomic mass is 35.5. The first-order chi connectivity index (χ1) is 18.7. The molecule has 1 aromatic heterocycles. The monoisotopic (exact) mass is 551 g/mol. The van der Waals surface area contributed by atoms with Crippen molar-refractivity contribution in [2.24, 2.45) is 5.92 Å². The van der Waals surface area contributed by atoms with Crippen LogP contribution in [0, 0.1) is 11.7 Å². The molecule has 0 bridgehead atoms. The Morgan fingerprint density at radius 3 is 2.62 bits per heavy atom. The Morgan fingerprint density at radius 1 is 1.15 bits per heavy atom. The number of amides is 1. The Bertz CT molecular complexity index is 1430. The number of halogens is 2. The zero-order valence-electron chi connectivity index (χ0n) is 21.3. The molecule has 3 aromatic rings. The fourth-order valence-corrected chi connectivity index (χ4v) is 5.56. The predicted molar refractivity (Wildman–Crippen MR) is 141 cm³/mol. The third-order valence-corrected chi connectivity index (χ3v) is 7.66. The van der Waals surface area contributed by atoms with E-state index in [2.05, 4.69) is 26.4 Å². The highest BCUT2D eigenvalue weighted by molar-refractivity contribution is 6.31. The number of ketones is 2. The lowest BCUT2D eigenvalue weighted by atomic mass is 9.78. The summed E-state index contributed by atoms with van der Waals surface area (Å²) in [7, 11) is 0. The number of rotatable bonds is 7. The first-order valence-electron chi connectivity index (χ1n) is 12.6. The molecular formula is C27H27ClFN7O3. The second kappa shape index (κ2) is 11.1. The average molecular weight is 552 g/mol. The maximum Gasteiger partial charge on any atom is 0.247 e. The van der Waals surface area contributed by atoms with Gasteiger partial charge in [-0.1, -0.05) is 35.9 Å². The van der Waals surface area contributed by atoms with Gasteiger partial charge in [0.2, 0.25) is 5.91 Å². The summed E-state index contributed by atoms with van der Waals surface area (Å²) in [6.45, 7) is 3.81. The van der Waals surface area contributed by atoms with Crippen LogP contribution in [-0.2, 0) is 16.0 Å². The molecule has 10 nitrogen and oxygen atoms in total. The lowest BCUT2D eigenvalue weighted by Crippen LogP contribution is -2.58. The van der Waals surface area contributed by atoms with Crippen molar-refractivity contribution in [3.63, 3.8) is 0 Å². The molecule has 2 aliphatic rings. The van der Waals surface area contributed by atoms with Crippen LogP contribution in [0.3, 0.4) is 0 Å². The van der Waals surface area contributed by atoms with Crippen LogP contribution in [0.1, 0.15) is 41.8 Å². The van der Waals surface area contributed by atoms with E-state index < -0.39 is 17.8 Å². The van der Waals surface area contributed by atoms with Gasteiger partial charge < -0.3 is 4.90 Å². The second-order valence-electron chi connectivity index (χ2n) is 9.80. The number of benzene rings is 2. The number of hydrazine groups is 1. The van der Waals surface area contributed by atoms with Crippen LogP contribution in [0.2, 0.25) is 5.02 Å². The molecule has 5 rings (SSSR count). The number of nitrogens with zero attached hydrogens (tertiary/aromatic N) is 5. The number of likely N-dealkylation sites (tertiary alicyclic amines) is 1. The summed E-state index contributed by atoms with van der Waals surface area (Å²) in [6, 6.07) is 9.13. The van der Waals surface area contributed by atoms with E-state index in [4.69, 9.17) is 11.6 Å². The van der Waals surface area contributed by atoms with Crippen LogP contribution in [0.5, 0.6) is 0 Å². The number of carbonyl (C=O) groups is 3. The Hall–Kier alpha value is -3.80. The molecular weight excluding hydrogens is 525 g/mol. The minimum absolute atomic E-state index is 0.0267. The van der Waals surface area contributed by atoms with Gasteiger partial charge in [-0.2, -0.15) is 4.68 Å². The minimum Gasteiger partial charge on any atom is -0.329 e. The smallest absolute Gasteiger partial charge is 0.247 e. The van der Waals surface area contributed by atoms with E-state index >= 15 is 4.39 Å². The average Bonchev–Trinajstić information content (AvgIpc) is 3.59. The molecule has 0 saturated carbocycles. The van der Waals surface area contributed by atoms with E-state index in [9.17, 15) is 14.4 Å². The van der Waals surface area contributed by atoms with Crippen LogP contribution >= 0.6 is 11.6 Å². The highest BCUT2D eigenvalue weighted by Gasteiger charge is 2.48. The van der Waals surface area contributed by atoms with Gasteiger partial charge in [-0.05, 0) is 54.5 Å². The van der Waals surface area contributed by atoms with Crippen LogP contribution in [0.25, 0.3) is 11.8 Å². The van der Waals surface area contributed by atoms with Crippen molar-refractivity contribution in [3.05, 3.63) is 76.3 Å². The molecule has 4 unspecified atom stereocenters. The van der Waals surface area contributed by atoms with E-state index in [-0.39, 0.29) is 46.6 Å². The van der Waals surface area contributed by atoms with Crippen molar-refractivity contribution in [2.75, 3.05) is 6.54 Å². The highest BCUT2D eigenvalue weighted by Crippen LogP contribution is 2.32. The molecule has 4 atom stereocenters. The third kappa shape index (κ3) is 5.38. The van der Waals surface area contributed by atoms with Crippen LogP contribution in [0.4, 0.5) is 4.39 Å². The van der Waals surface area contributed by atoms with Gasteiger partial charge in [0.25, 0.3) is 0 Å². The summed E-state index contributed by atoms with van der Waals surface area (Å²) in [5, 5.41) is 10.9. The number of hydrogen-bond donors (Lipinski definition) is 2. The number of hydrogen-bond acceptors (Lipinski definition) is 8. The molecule has 12 heteroatoms. The lowest BCUT2D eigenvalue weighted by molar-refractivity contribution is -0.140. The molecule has 3 heterocycles. The van der Waals surface area contributed by atoms with Gasteiger partial charge in [0.05, 0.1) is 16.8 Å². The standard InChI is InChI=1S/C27H27ClFN7O3/c1-15-25-21(32-31-15)11-12-35(27(25)23(38)13-17-3-5-18(6-4-17)16(2)37)24(39)10-7-19-22(36-14-30-33-34-36)9-8-20(28)26(19)29/h3-10,14-15,21,25,27,31-32H,11-13H2,1-2H3/b10-7+. The predicted octanol–water partition coefficient (Wildman–Crippen LogP) is 2.56. The summed E-state index contributed by atoms with van der Waals surface area (Å²) >= 11 is 6.01. The topological polar surface area (TPSA) is 122 Å². The molecule has 2 saturated heterocycles. The van der Waals surface area contributed by atoms with E-state index in [0.29, 0.717) is 24.2 Å². The maximum absolute atomic E-state index is 15.0. The Morgan fingerprint density at radius 2 is 1.92 bits per heavy atom. The number of nitrogens with one attached hydrogen (secondary N) is 2. The molecule has 2 fully saturated rings. The lowest BCUT2D eigenvalue weighted by Gasteiger charge is -2.42. The van der Waals surface area contributed by atoms with E-state index in [0.717, 1.165) is 5.56 Å². The molecule has 0 aliphatic carbocycles. The Kier molecular flexibility index (Phi) is 7.65. The summed E-state index contributed by atoms with van der Waals surface area (Å²) in [5.74, 6) is -1.45. The van der Waals surface area contributed by atoms with E-state index in [1.54, 1.807) is 35.2 Å². The molecule has 0 radical (unpaired) electrons. The summed E-state index contributed by atoms with van der Waals surface area (Å²) in [4.78, 5) is 40.5. The number of carbonyl (C=O) groups excluding carboxylic acids is 3. The van der Waals surface area contributed by atoms with Crippen molar-refractivity contribution in [3.8, 4) is 5.69 Å². The van der Waals surface area contributed by atoms with Crippen molar-refractivity contribution in [2.45, 2.75) is 44.8 Å². The molecule has 2 aromatic carbocycles. The normalized spacial score (nSPS) is 22.7. The fourth-order valence-electron chi connectivity index (χ4n) is 5.40. The number of fused-ring (bicyclic) bond motifs is 1. The van der Waals surface area contributed by atoms with Gasteiger partial charge in [-0.15, -0.1) is 5.10 Å². The van der Waals surface area contributed by atoms with Crippen LogP contribution < -0.4 is 10.9 Å². The summed E-state index contributed by atoms with van der Waals surface area (Å²) in [5.41, 5.74) is 8.13. The molecule has 1 amide bonds. The third-order valence-electron chi connectivity index (χ3n) is 7.37. The first kappa shape index (κ1) is 26.8. The van der Waals surface area contributed by atoms with E-state index in [1.165, 1.54) is 36.2 Å². The second-order valence-corrected chi connectivity index (χ2v) is 10.2. The van der Waals surface area contributed by atoms with Gasteiger partial charge in [0.1, 0.15) is 6.33 Å². The molecule has 0 spiro atoms. The molecule has 202 valence electrons. The Balaban J connectivity index is 1.43. The van der Waals surface area contributed by atoms with Crippen molar-refractivity contribution >= 4 is 35.2 Å². The van der Waals surface area contributed by atoms with Gasteiger partial charge in [-0.25, -0.2) is 4.39 Å². The summed E-state index contributed by atoms with van der Waals surface area (Å²) in [6.07, 6.45) is 4.67. The minimum atomic E-state index is -0.716. The number of Topliss-reactive ketones (excluding diaryl/α,β-unsaturated/α-hetero) is 2. The Labute approximate surface area is 229 Å². The first-order valence-corrected chi connectivity index (χ1v) is 13.0. The number of aromatic nitrogens is 4. The largest absolute Gasteiger partial charge is 0.329 e. The molecule has 39 heavy (non-hydrogen) atoms. The number of piperidine rings is 1. The molecule has 2 aliphatic heterocycles. The van der Waals surface area contributed by atoms with Gasteiger partial charge in [0.15, 0.2) is 17.4 Å². The van der Waals surface area contributed by atoms with Crippen molar-refractivity contribution < 1.29 is 18.8 Å². The summed E-state index contributed by atoms with van der Waals surface area (Å²) < 4.78 is 16.3. The van der Waals surface area contributed by atoms with E-state index in [1.807, 2.05) is 6.92 Å². The number of tetrazole rings is 1. The van der Waals surface area contributed by atoms with Crippen LogP contribution in [0.15, 0.2) is 48.8 Å². The fraction of sp³-hybridized carbons (Fsp3) is 0.333. The van der Waals surface area contributed by atoms with Crippen LogP contribution in [-0.4, -0.2) is 67.3 Å². The quantitative estimate of drug-likeness (QED) is 0.339. The maximum atomic E-state index is 15.0. The van der Waals surface area contributed by atoms with Gasteiger partial charge in [-0.3, -0.25) is 25.2 Å². The molecule has 2 N–H and O–H groups in total. The SMILES string of the molecule is CC(=O)c1ccc(CC(=O)C2C3C(C)NNC3CCN2C(=O)/C=C/c2c(-n3cnnn3)ccc(Cl)c2F)cc1. The zero-order valence-corrected chi connectivity index (χ0v) is 22.1. The van der Waals surface area contributed by atoms with Gasteiger partial charge in [0, 0.05) is 48.2 Å². The van der Waals surface area contributed by atoms with Crippen molar-refractivity contribution in [1.29, 1.82) is 0 Å². The van der Waals surface area contributed by atoms with Gasteiger partial charge >= 0.3 is 0 Å². The zero-order chi connectivity index (χ0) is 27.7. The van der Waals surface area contributed by atoms with Crippen molar-refractivity contribution in [1.82, 2.24) is 36.0 Å².